The summed E-state index contributed by atoms with van der Waals surface area (Å²) in [6.45, 7) is 10.5. The number of fused-ring (bicyclic) bond motifs is 3. The monoisotopic (exact) mass is 571 g/mol. The zero-order chi connectivity index (χ0) is 30.7. The van der Waals surface area contributed by atoms with Crippen molar-refractivity contribution in [2.24, 2.45) is 4.99 Å². The molecule has 1 heterocycles. The van der Waals surface area contributed by atoms with Crippen LogP contribution in [0.1, 0.15) is 116 Å². The summed E-state index contributed by atoms with van der Waals surface area (Å²) in [5.74, 6) is -1.33. The molecule has 1 saturated heterocycles. The molecule has 0 bridgehead atoms. The van der Waals surface area contributed by atoms with Gasteiger partial charge in [0.1, 0.15) is 17.2 Å². The van der Waals surface area contributed by atoms with Crippen LogP contribution in [0.2, 0.25) is 0 Å². The van der Waals surface area contributed by atoms with Gasteiger partial charge >= 0.3 is 0 Å². The summed E-state index contributed by atoms with van der Waals surface area (Å²) >= 11 is 0. The van der Waals surface area contributed by atoms with Crippen LogP contribution in [0.5, 0.6) is 17.2 Å². The quantitative estimate of drug-likeness (QED) is 0.259. The van der Waals surface area contributed by atoms with E-state index in [-0.39, 0.29) is 52.4 Å². The number of aliphatic hydroxyl groups excluding tert-OH is 1. The summed E-state index contributed by atoms with van der Waals surface area (Å²) in [7, 11) is 3.08. The number of phenolic OH excluding ortho intramolecular Hbond substituents is 2. The lowest BCUT2D eigenvalue weighted by Crippen LogP contribution is -2.28. The van der Waals surface area contributed by atoms with Gasteiger partial charge < -0.3 is 29.5 Å². The highest BCUT2D eigenvalue weighted by molar-refractivity contribution is 6.31. The van der Waals surface area contributed by atoms with Crippen LogP contribution in [0.4, 0.5) is 0 Å². The summed E-state index contributed by atoms with van der Waals surface area (Å²) < 4.78 is 17.1. The van der Waals surface area contributed by atoms with Crippen molar-refractivity contribution in [3.8, 4) is 17.2 Å². The van der Waals surface area contributed by atoms with Crippen molar-refractivity contribution < 1.29 is 39.1 Å². The molecule has 0 amide bonds. The first-order valence-corrected chi connectivity index (χ1v) is 14.5. The van der Waals surface area contributed by atoms with Crippen LogP contribution in [0, 0.1) is 0 Å². The fourth-order valence-corrected chi connectivity index (χ4v) is 5.04. The lowest BCUT2D eigenvalue weighted by molar-refractivity contribution is -0.192. The van der Waals surface area contributed by atoms with E-state index in [9.17, 15) is 19.8 Å². The molecule has 9 nitrogen and oxygen atoms in total. The molecule has 1 aliphatic heterocycles. The van der Waals surface area contributed by atoms with Gasteiger partial charge in [-0.25, -0.2) is 0 Å². The standard InChI is InChI=1S/C24H24O7.C4H9NO.2C2H6/c1-29-14-8-4-6-12-17(14)23(27)20-19(21(12)25)22(26)13-7-5-9-15(18(13)24(20)28)31-16-10-2-3-11-30-16;1-4(3-6)5-2;2*1-2/h4,6,8,15-16,26,28H,2-3,5,7,9-11H2,1H3;6H,3H2,1-2H3;2*1-2H3/t15-,16?;;;/m1.../s1. The lowest BCUT2D eigenvalue weighted by Gasteiger charge is -2.34. The molecule has 2 aromatic carbocycles. The van der Waals surface area contributed by atoms with Crippen LogP contribution < -0.4 is 4.74 Å². The van der Waals surface area contributed by atoms with E-state index >= 15 is 0 Å². The van der Waals surface area contributed by atoms with Gasteiger partial charge in [0.05, 0.1) is 36.5 Å². The Morgan fingerprint density at radius 1 is 0.976 bits per heavy atom. The van der Waals surface area contributed by atoms with E-state index in [2.05, 4.69) is 4.99 Å². The Morgan fingerprint density at radius 3 is 2.22 bits per heavy atom. The minimum Gasteiger partial charge on any atom is -0.507 e. The highest BCUT2D eigenvalue weighted by Crippen LogP contribution is 2.50. The first-order chi connectivity index (χ1) is 19.8. The molecule has 1 unspecified atom stereocenters. The molecule has 1 fully saturated rings. The second-order valence-electron chi connectivity index (χ2n) is 9.31. The van der Waals surface area contributed by atoms with Gasteiger partial charge in [-0.15, -0.1) is 0 Å². The lowest BCUT2D eigenvalue weighted by atomic mass is 9.77. The van der Waals surface area contributed by atoms with Crippen LogP contribution in [0.15, 0.2) is 23.2 Å². The number of hydrogen-bond acceptors (Lipinski definition) is 9. The number of aromatic hydroxyl groups is 2. The highest BCUT2D eigenvalue weighted by Gasteiger charge is 2.41. The van der Waals surface area contributed by atoms with E-state index in [1.165, 1.54) is 13.2 Å². The van der Waals surface area contributed by atoms with Crippen molar-refractivity contribution in [3.05, 3.63) is 51.6 Å². The van der Waals surface area contributed by atoms with Gasteiger partial charge in [-0.05, 0) is 51.5 Å². The van der Waals surface area contributed by atoms with E-state index in [0.29, 0.717) is 30.6 Å². The Balaban J connectivity index is 0.000000517. The van der Waals surface area contributed by atoms with Crippen molar-refractivity contribution in [1.29, 1.82) is 0 Å². The average Bonchev–Trinajstić information content (AvgIpc) is 3.03. The Kier molecular flexibility index (Phi) is 13.4. The Hall–Kier alpha value is -3.27. The zero-order valence-electron chi connectivity index (χ0n) is 25.4. The van der Waals surface area contributed by atoms with Crippen molar-refractivity contribution in [2.45, 2.75) is 85.5 Å². The first-order valence-electron chi connectivity index (χ1n) is 14.5. The third-order valence-electron chi connectivity index (χ3n) is 7.04. The first kappa shape index (κ1) is 33.9. The van der Waals surface area contributed by atoms with Crippen molar-refractivity contribution in [2.75, 3.05) is 27.4 Å². The fraction of sp³-hybridized carbons (Fsp3) is 0.531. The Labute approximate surface area is 243 Å². The molecule has 0 radical (unpaired) electrons. The molecular weight excluding hydrogens is 526 g/mol. The maximum absolute atomic E-state index is 13.4. The van der Waals surface area contributed by atoms with Gasteiger partial charge in [0, 0.05) is 36.1 Å². The number of hydrogen-bond donors (Lipinski definition) is 3. The van der Waals surface area contributed by atoms with Crippen molar-refractivity contribution in [3.63, 3.8) is 0 Å². The smallest absolute Gasteiger partial charge is 0.202 e. The van der Waals surface area contributed by atoms with E-state index in [0.717, 1.165) is 31.4 Å². The summed E-state index contributed by atoms with van der Waals surface area (Å²) in [6, 6.07) is 4.75. The predicted octanol–water partition coefficient (Wildman–Crippen LogP) is 5.92. The van der Waals surface area contributed by atoms with Crippen molar-refractivity contribution >= 4 is 17.3 Å². The van der Waals surface area contributed by atoms with Gasteiger partial charge in [0.2, 0.25) is 5.78 Å². The zero-order valence-corrected chi connectivity index (χ0v) is 25.4. The van der Waals surface area contributed by atoms with E-state index in [1.807, 2.05) is 27.7 Å². The molecule has 2 aliphatic carbocycles. The minimum atomic E-state index is -0.545. The van der Waals surface area contributed by atoms with Crippen LogP contribution in [0.3, 0.4) is 0 Å². The molecule has 0 saturated carbocycles. The summed E-state index contributed by atoms with van der Waals surface area (Å²) in [5.41, 5.74) is 1.56. The Bertz CT molecular complexity index is 1230. The molecular formula is C32H45NO8. The molecule has 226 valence electrons. The number of aliphatic hydroxyl groups is 1. The molecule has 2 aromatic rings. The summed E-state index contributed by atoms with van der Waals surface area (Å²) in [6.07, 6.45) is 3.66. The molecule has 0 aromatic heterocycles. The van der Waals surface area contributed by atoms with Crippen LogP contribution >= 0.6 is 0 Å². The molecule has 3 aliphatic rings. The topological polar surface area (TPSA) is 135 Å². The summed E-state index contributed by atoms with van der Waals surface area (Å²) in [4.78, 5) is 30.3. The molecule has 41 heavy (non-hydrogen) atoms. The number of phenols is 2. The maximum Gasteiger partial charge on any atom is 0.202 e. The van der Waals surface area contributed by atoms with Crippen molar-refractivity contribution in [1.82, 2.24) is 0 Å². The number of ketones is 2. The number of carbonyl (C=O) groups is 2. The average molecular weight is 572 g/mol. The third-order valence-corrected chi connectivity index (χ3v) is 7.04. The van der Waals surface area contributed by atoms with E-state index in [1.54, 1.807) is 26.1 Å². The largest absolute Gasteiger partial charge is 0.507 e. The third kappa shape index (κ3) is 7.15. The number of benzene rings is 2. The number of nitrogens with zero attached hydrogens (tertiary/aromatic N) is 1. The number of carbonyl (C=O) groups excluding carboxylic acids is 2. The predicted molar refractivity (Wildman–Crippen MR) is 159 cm³/mol. The molecule has 3 N–H and O–H groups in total. The molecule has 5 rings (SSSR count). The highest BCUT2D eigenvalue weighted by atomic mass is 16.7. The van der Waals surface area contributed by atoms with Gasteiger partial charge in [0.15, 0.2) is 12.1 Å². The minimum absolute atomic E-state index is 0.0799. The van der Waals surface area contributed by atoms with Crippen LogP contribution in [-0.2, 0) is 15.9 Å². The van der Waals surface area contributed by atoms with Crippen LogP contribution in [0.25, 0.3) is 0 Å². The number of ether oxygens (including phenoxy) is 3. The molecule has 0 spiro atoms. The van der Waals surface area contributed by atoms with Gasteiger partial charge in [-0.1, -0.05) is 39.8 Å². The molecule has 2 atom stereocenters. The normalized spacial score (nSPS) is 19.1. The number of rotatable bonds is 4. The van der Waals surface area contributed by atoms with Gasteiger partial charge in [-0.3, -0.25) is 14.6 Å². The summed E-state index contributed by atoms with van der Waals surface area (Å²) in [5, 5.41) is 30.5. The number of methoxy groups -OCH3 is 1. The number of aliphatic imine (C=N–C) groups is 1. The van der Waals surface area contributed by atoms with Gasteiger partial charge in [0.25, 0.3) is 0 Å². The van der Waals surface area contributed by atoms with E-state index < -0.39 is 17.7 Å². The Morgan fingerprint density at radius 2 is 1.66 bits per heavy atom. The van der Waals surface area contributed by atoms with E-state index in [4.69, 9.17) is 19.3 Å². The second kappa shape index (κ2) is 16.2. The second-order valence-corrected chi connectivity index (χ2v) is 9.31. The molecule has 9 heteroatoms. The SMILES string of the molecule is CC.CC.CN=C(C)CO.COc1cccc2c1C(=O)c1c(O)c3c(c(O)c1C2=O)CCC[C@H]3OC1CCCCO1. The maximum atomic E-state index is 13.4. The van der Waals surface area contributed by atoms with Crippen LogP contribution in [-0.4, -0.2) is 66.3 Å². The van der Waals surface area contributed by atoms with Gasteiger partial charge in [-0.2, -0.15) is 0 Å². The fourth-order valence-electron chi connectivity index (χ4n) is 5.04.